The van der Waals surface area contributed by atoms with Gasteiger partial charge in [0.25, 0.3) is 0 Å². The minimum Gasteiger partial charge on any atom is -0.493 e. The number of halogens is 2. The fraction of sp³-hybridized carbons (Fsp3) is 0.300. The molecule has 0 bridgehead atoms. The van der Waals surface area contributed by atoms with Gasteiger partial charge in [-0.05, 0) is 59.9 Å². The maximum absolute atomic E-state index is 13.8. The number of carbonyl (C=O) groups excluding carboxylic acids is 1. The second kappa shape index (κ2) is 13.0. The van der Waals surface area contributed by atoms with Crippen LogP contribution in [-0.2, 0) is 24.1 Å². The number of methoxy groups -OCH3 is 2. The Morgan fingerprint density at radius 1 is 0.974 bits per heavy atom. The van der Waals surface area contributed by atoms with Crippen LogP contribution in [0.2, 0.25) is 0 Å². The zero-order chi connectivity index (χ0) is 27.9. The van der Waals surface area contributed by atoms with Crippen molar-refractivity contribution in [2.24, 2.45) is 5.73 Å². The summed E-state index contributed by atoms with van der Waals surface area (Å²) in [6.45, 7) is 2.89. The number of nitrogens with two attached hydrogens (primary N) is 1. The van der Waals surface area contributed by atoms with Crippen molar-refractivity contribution in [2.45, 2.75) is 38.5 Å². The van der Waals surface area contributed by atoms with Gasteiger partial charge in [0.15, 0.2) is 11.5 Å². The number of rotatable bonds is 12. The number of esters is 1. The molecule has 206 valence electrons. The number of thiophene rings is 1. The van der Waals surface area contributed by atoms with Gasteiger partial charge in [0.1, 0.15) is 22.6 Å². The molecule has 3 aromatic carbocycles. The molecule has 9 heteroatoms. The number of fused-ring (bicyclic) bond motifs is 1. The van der Waals surface area contributed by atoms with Crippen LogP contribution in [0.3, 0.4) is 0 Å². The second-order valence-electron chi connectivity index (χ2n) is 9.22. The van der Waals surface area contributed by atoms with E-state index < -0.39 is 29.7 Å². The normalized spacial score (nSPS) is 12.8. The van der Waals surface area contributed by atoms with E-state index in [1.165, 1.54) is 29.0 Å². The number of aryl methyl sites for hydroxylation is 1. The summed E-state index contributed by atoms with van der Waals surface area (Å²) in [5.41, 5.74) is 9.16. The zero-order valence-corrected chi connectivity index (χ0v) is 22.9. The summed E-state index contributed by atoms with van der Waals surface area (Å²) in [6, 6.07) is 16.1. The highest BCUT2D eigenvalue weighted by Crippen LogP contribution is 2.39. The van der Waals surface area contributed by atoms with E-state index in [9.17, 15) is 13.6 Å². The van der Waals surface area contributed by atoms with Gasteiger partial charge in [-0.1, -0.05) is 31.2 Å². The minimum absolute atomic E-state index is 0.122. The molecule has 3 N–H and O–H groups in total. The van der Waals surface area contributed by atoms with Crippen LogP contribution in [0.25, 0.3) is 10.1 Å². The molecule has 2 atom stereocenters. The van der Waals surface area contributed by atoms with Crippen molar-refractivity contribution in [3.63, 3.8) is 0 Å². The highest BCUT2D eigenvalue weighted by atomic mass is 32.1. The summed E-state index contributed by atoms with van der Waals surface area (Å²) in [4.78, 5) is 13.6. The molecular formula is C30H32F2N2O4S. The molecule has 0 aliphatic rings. The standard InChI is InChI=1S/C30H32F2N2O4S/c1-4-18-6-5-7-19(10-18)16-34-17-26(24(33)13-20-11-21(31)14-22(32)12-20)38-30(35)28-15-23-27(39-28)9-8-25(36-2)29(23)37-3/h5-12,14-15,24,26,34H,4,13,16-17,33H2,1-3H3. The summed E-state index contributed by atoms with van der Waals surface area (Å²) in [7, 11) is 3.09. The predicted octanol–water partition coefficient (Wildman–Crippen LogP) is 5.64. The Balaban J connectivity index is 1.53. The molecule has 0 aliphatic carbocycles. The Bertz CT molecular complexity index is 1420. The molecule has 4 aromatic rings. The summed E-state index contributed by atoms with van der Waals surface area (Å²) >= 11 is 1.27. The van der Waals surface area contributed by atoms with Gasteiger partial charge in [-0.15, -0.1) is 11.3 Å². The molecule has 0 fully saturated rings. The smallest absolute Gasteiger partial charge is 0.348 e. The lowest BCUT2D eigenvalue weighted by Gasteiger charge is -2.24. The van der Waals surface area contributed by atoms with E-state index in [1.54, 1.807) is 26.4 Å². The van der Waals surface area contributed by atoms with Crippen molar-refractivity contribution >= 4 is 27.4 Å². The van der Waals surface area contributed by atoms with Gasteiger partial charge >= 0.3 is 5.97 Å². The van der Waals surface area contributed by atoms with Crippen LogP contribution in [-0.4, -0.2) is 38.9 Å². The molecule has 1 heterocycles. The summed E-state index contributed by atoms with van der Waals surface area (Å²) < 4.78 is 45.2. The van der Waals surface area contributed by atoms with Crippen LogP contribution in [0.4, 0.5) is 8.78 Å². The van der Waals surface area contributed by atoms with Crippen LogP contribution in [0, 0.1) is 11.6 Å². The van der Waals surface area contributed by atoms with Crippen molar-refractivity contribution in [2.75, 3.05) is 20.8 Å². The summed E-state index contributed by atoms with van der Waals surface area (Å²) in [5.74, 6) is -0.828. The lowest BCUT2D eigenvalue weighted by molar-refractivity contribution is 0.0244. The highest BCUT2D eigenvalue weighted by Gasteiger charge is 2.25. The third-order valence-corrected chi connectivity index (χ3v) is 7.52. The van der Waals surface area contributed by atoms with E-state index >= 15 is 0 Å². The predicted molar refractivity (Wildman–Crippen MR) is 150 cm³/mol. The molecule has 0 saturated heterocycles. The van der Waals surface area contributed by atoms with Crippen LogP contribution >= 0.6 is 11.3 Å². The molecule has 4 rings (SSSR count). The van der Waals surface area contributed by atoms with Gasteiger partial charge in [0.05, 0.1) is 14.2 Å². The number of hydrogen-bond acceptors (Lipinski definition) is 7. The van der Waals surface area contributed by atoms with E-state index in [2.05, 4.69) is 24.4 Å². The van der Waals surface area contributed by atoms with Gasteiger partial charge in [0, 0.05) is 35.3 Å². The molecule has 0 spiro atoms. The molecule has 0 aliphatic heterocycles. The first-order valence-electron chi connectivity index (χ1n) is 12.7. The van der Waals surface area contributed by atoms with Crippen LogP contribution in [0.15, 0.2) is 60.7 Å². The molecule has 2 unspecified atom stereocenters. The Kier molecular flexibility index (Phi) is 9.50. The van der Waals surface area contributed by atoms with Crippen molar-refractivity contribution in [1.82, 2.24) is 5.32 Å². The van der Waals surface area contributed by atoms with Gasteiger partial charge in [-0.3, -0.25) is 0 Å². The molecule has 0 amide bonds. The van der Waals surface area contributed by atoms with Crippen molar-refractivity contribution in [1.29, 1.82) is 0 Å². The number of nitrogens with one attached hydrogen (secondary N) is 1. The number of hydrogen-bond donors (Lipinski definition) is 2. The number of ether oxygens (including phenoxy) is 3. The quantitative estimate of drug-likeness (QED) is 0.221. The number of carbonyl (C=O) groups is 1. The molecule has 6 nitrogen and oxygen atoms in total. The van der Waals surface area contributed by atoms with Crippen LogP contribution < -0.4 is 20.5 Å². The second-order valence-corrected chi connectivity index (χ2v) is 10.3. The molecule has 39 heavy (non-hydrogen) atoms. The van der Waals surface area contributed by atoms with E-state index in [1.807, 2.05) is 18.2 Å². The summed E-state index contributed by atoms with van der Waals surface area (Å²) in [5, 5.41) is 4.06. The lowest BCUT2D eigenvalue weighted by atomic mass is 10.0. The molecule has 0 radical (unpaired) electrons. The van der Waals surface area contributed by atoms with Gasteiger partial charge < -0.3 is 25.3 Å². The Hall–Kier alpha value is -3.53. The SMILES string of the molecule is CCc1cccc(CNCC(OC(=O)c2cc3c(OC)c(OC)ccc3s2)C(N)Cc2cc(F)cc(F)c2)c1. The maximum Gasteiger partial charge on any atom is 0.348 e. The van der Waals surface area contributed by atoms with Crippen molar-refractivity contribution < 1.29 is 27.8 Å². The molecule has 0 saturated carbocycles. The molecule has 1 aromatic heterocycles. The largest absolute Gasteiger partial charge is 0.493 e. The average Bonchev–Trinajstić information content (AvgIpc) is 3.36. The van der Waals surface area contributed by atoms with Crippen molar-refractivity contribution in [3.05, 3.63) is 93.9 Å². The minimum atomic E-state index is -0.764. The van der Waals surface area contributed by atoms with Gasteiger partial charge in [-0.2, -0.15) is 0 Å². The van der Waals surface area contributed by atoms with Crippen LogP contribution in [0.5, 0.6) is 11.5 Å². The fourth-order valence-corrected chi connectivity index (χ4v) is 5.41. The Labute approximate surface area is 230 Å². The molecular weight excluding hydrogens is 522 g/mol. The summed E-state index contributed by atoms with van der Waals surface area (Å²) in [6.07, 6.45) is 0.284. The van der Waals surface area contributed by atoms with Gasteiger partial charge in [0.2, 0.25) is 0 Å². The topological polar surface area (TPSA) is 82.8 Å². The van der Waals surface area contributed by atoms with Crippen LogP contribution in [0.1, 0.15) is 33.3 Å². The Morgan fingerprint density at radius 3 is 2.41 bits per heavy atom. The fourth-order valence-electron chi connectivity index (χ4n) is 4.46. The third-order valence-electron chi connectivity index (χ3n) is 6.44. The monoisotopic (exact) mass is 554 g/mol. The lowest BCUT2D eigenvalue weighted by Crippen LogP contribution is -2.45. The number of benzene rings is 3. The van der Waals surface area contributed by atoms with Crippen molar-refractivity contribution in [3.8, 4) is 11.5 Å². The van der Waals surface area contributed by atoms with E-state index in [4.69, 9.17) is 19.9 Å². The first-order chi connectivity index (χ1) is 18.8. The first kappa shape index (κ1) is 28.5. The van der Waals surface area contributed by atoms with E-state index in [-0.39, 0.29) is 13.0 Å². The first-order valence-corrected chi connectivity index (χ1v) is 13.5. The van der Waals surface area contributed by atoms with E-state index in [0.29, 0.717) is 28.5 Å². The van der Waals surface area contributed by atoms with E-state index in [0.717, 1.165) is 28.1 Å². The highest BCUT2D eigenvalue weighted by molar-refractivity contribution is 7.20. The van der Waals surface area contributed by atoms with Gasteiger partial charge in [-0.25, -0.2) is 13.6 Å². The maximum atomic E-state index is 13.8. The third kappa shape index (κ3) is 7.11. The average molecular weight is 555 g/mol. The Morgan fingerprint density at radius 2 is 1.72 bits per heavy atom. The zero-order valence-electron chi connectivity index (χ0n) is 22.1.